The molecule has 0 spiro atoms. The standard InChI is InChI=1S/C14H20O.CH2O2/c1-2-3-5-10-14(12-15)11-13-8-6-4-7-9-13;2-1-3/h4,6-9,11,15H,2-3,5,10,12H2,1H3;1H,(H,2,3). The van der Waals surface area contributed by atoms with Crippen LogP contribution in [0, 0.1) is 0 Å². The SMILES string of the molecule is CCCCCC(=Cc1ccccc1)CO.O=CO. The molecule has 0 amide bonds. The summed E-state index contributed by atoms with van der Waals surface area (Å²) in [6, 6.07) is 10.2. The Kier molecular flexibility index (Phi) is 10.8. The largest absolute Gasteiger partial charge is 0.483 e. The maximum Gasteiger partial charge on any atom is 0.290 e. The van der Waals surface area contributed by atoms with E-state index in [4.69, 9.17) is 9.90 Å². The summed E-state index contributed by atoms with van der Waals surface area (Å²) >= 11 is 0. The topological polar surface area (TPSA) is 57.5 Å². The van der Waals surface area contributed by atoms with Crippen LogP contribution in [0.25, 0.3) is 6.08 Å². The lowest BCUT2D eigenvalue weighted by Crippen LogP contribution is -1.91. The van der Waals surface area contributed by atoms with E-state index >= 15 is 0 Å². The lowest BCUT2D eigenvalue weighted by molar-refractivity contribution is -0.122. The first-order valence-corrected chi connectivity index (χ1v) is 6.21. The van der Waals surface area contributed by atoms with Gasteiger partial charge in [-0.15, -0.1) is 0 Å². The number of hydrogen-bond acceptors (Lipinski definition) is 2. The number of carbonyl (C=O) groups is 1. The van der Waals surface area contributed by atoms with Crippen LogP contribution in [0.3, 0.4) is 0 Å². The summed E-state index contributed by atoms with van der Waals surface area (Å²) in [4.78, 5) is 8.36. The zero-order valence-electron chi connectivity index (χ0n) is 10.9. The first kappa shape index (κ1) is 16.4. The average molecular weight is 250 g/mol. The van der Waals surface area contributed by atoms with E-state index in [1.54, 1.807) is 0 Å². The van der Waals surface area contributed by atoms with E-state index in [0.717, 1.165) is 12.0 Å². The molecule has 1 aromatic carbocycles. The monoisotopic (exact) mass is 250 g/mol. The third-order valence-electron chi connectivity index (χ3n) is 2.47. The molecular formula is C15H22O3. The molecule has 0 atom stereocenters. The molecule has 100 valence electrons. The van der Waals surface area contributed by atoms with Gasteiger partial charge in [-0.05, 0) is 24.0 Å². The van der Waals surface area contributed by atoms with Crippen LogP contribution in [0.4, 0.5) is 0 Å². The molecule has 3 heteroatoms. The summed E-state index contributed by atoms with van der Waals surface area (Å²) in [6.45, 7) is 2.12. The van der Waals surface area contributed by atoms with Crippen LogP contribution in [0.5, 0.6) is 0 Å². The van der Waals surface area contributed by atoms with Gasteiger partial charge in [0.25, 0.3) is 6.47 Å². The number of rotatable bonds is 6. The molecule has 3 nitrogen and oxygen atoms in total. The van der Waals surface area contributed by atoms with Crippen molar-refractivity contribution >= 4 is 12.5 Å². The van der Waals surface area contributed by atoms with Crippen LogP contribution in [-0.4, -0.2) is 23.3 Å². The molecule has 0 aromatic heterocycles. The Morgan fingerprint density at radius 3 is 2.33 bits per heavy atom. The maximum absolute atomic E-state index is 9.22. The zero-order valence-corrected chi connectivity index (χ0v) is 10.9. The molecule has 1 rings (SSSR count). The predicted molar refractivity (Wildman–Crippen MR) is 74.3 cm³/mol. The number of aliphatic hydroxyl groups excluding tert-OH is 1. The molecule has 1 aromatic rings. The lowest BCUT2D eigenvalue weighted by atomic mass is 10.1. The minimum atomic E-state index is -0.250. The molecule has 0 bridgehead atoms. The lowest BCUT2D eigenvalue weighted by Gasteiger charge is -2.03. The molecule has 0 heterocycles. The van der Waals surface area contributed by atoms with Crippen molar-refractivity contribution in [1.82, 2.24) is 0 Å². The van der Waals surface area contributed by atoms with Crippen molar-refractivity contribution in [1.29, 1.82) is 0 Å². The average Bonchev–Trinajstić information content (AvgIpc) is 2.40. The quantitative estimate of drug-likeness (QED) is 0.601. The second kappa shape index (κ2) is 11.9. The molecule has 18 heavy (non-hydrogen) atoms. The summed E-state index contributed by atoms with van der Waals surface area (Å²) in [5.41, 5.74) is 2.31. The van der Waals surface area contributed by atoms with Gasteiger partial charge in [-0.2, -0.15) is 0 Å². The maximum atomic E-state index is 9.22. The van der Waals surface area contributed by atoms with Gasteiger partial charge in [-0.3, -0.25) is 4.79 Å². The van der Waals surface area contributed by atoms with Crippen molar-refractivity contribution in [3.05, 3.63) is 41.5 Å². The highest BCUT2D eigenvalue weighted by atomic mass is 16.3. The minimum absolute atomic E-state index is 0.179. The fraction of sp³-hybridized carbons (Fsp3) is 0.400. The molecule has 0 fully saturated rings. The van der Waals surface area contributed by atoms with Gasteiger partial charge < -0.3 is 10.2 Å². The summed E-state index contributed by atoms with van der Waals surface area (Å²) in [6.07, 6.45) is 6.75. The first-order valence-electron chi connectivity index (χ1n) is 6.21. The van der Waals surface area contributed by atoms with E-state index < -0.39 is 0 Å². The van der Waals surface area contributed by atoms with Crippen LogP contribution < -0.4 is 0 Å². The number of aliphatic hydroxyl groups is 1. The molecule has 0 radical (unpaired) electrons. The summed E-state index contributed by atoms with van der Waals surface area (Å²) < 4.78 is 0. The Morgan fingerprint density at radius 1 is 1.22 bits per heavy atom. The number of hydrogen-bond donors (Lipinski definition) is 2. The zero-order chi connectivity index (χ0) is 13.6. The van der Waals surface area contributed by atoms with Crippen LogP contribution in [-0.2, 0) is 4.79 Å². The highest BCUT2D eigenvalue weighted by molar-refractivity contribution is 5.52. The molecule has 0 aliphatic rings. The smallest absolute Gasteiger partial charge is 0.290 e. The van der Waals surface area contributed by atoms with Crippen LogP contribution in [0.1, 0.15) is 38.2 Å². The fourth-order valence-electron chi connectivity index (χ4n) is 1.58. The molecule has 0 aliphatic heterocycles. The molecule has 2 N–H and O–H groups in total. The van der Waals surface area contributed by atoms with Gasteiger partial charge >= 0.3 is 0 Å². The van der Waals surface area contributed by atoms with E-state index in [1.807, 2.05) is 18.2 Å². The normalized spacial score (nSPS) is 10.4. The third-order valence-corrected chi connectivity index (χ3v) is 2.47. The summed E-state index contributed by atoms with van der Waals surface area (Å²) in [7, 11) is 0. The van der Waals surface area contributed by atoms with Gasteiger partial charge in [-0.25, -0.2) is 0 Å². The van der Waals surface area contributed by atoms with Gasteiger partial charge in [0.15, 0.2) is 0 Å². The minimum Gasteiger partial charge on any atom is -0.483 e. The second-order valence-corrected chi connectivity index (χ2v) is 3.93. The number of benzene rings is 1. The van der Waals surface area contributed by atoms with Crippen LogP contribution in [0.2, 0.25) is 0 Å². The molecule has 0 aliphatic carbocycles. The second-order valence-electron chi connectivity index (χ2n) is 3.93. The first-order chi connectivity index (χ1) is 8.78. The van der Waals surface area contributed by atoms with Crippen molar-refractivity contribution in [3.8, 4) is 0 Å². The summed E-state index contributed by atoms with van der Waals surface area (Å²) in [5, 5.41) is 16.1. The van der Waals surface area contributed by atoms with Crippen molar-refractivity contribution in [2.75, 3.05) is 6.61 Å². The Labute approximate surface area is 109 Å². The van der Waals surface area contributed by atoms with E-state index in [1.165, 1.54) is 24.8 Å². The number of unbranched alkanes of at least 4 members (excludes halogenated alkanes) is 2. The van der Waals surface area contributed by atoms with Crippen molar-refractivity contribution in [2.24, 2.45) is 0 Å². The Bertz CT molecular complexity index is 331. The fourth-order valence-corrected chi connectivity index (χ4v) is 1.58. The van der Waals surface area contributed by atoms with Crippen molar-refractivity contribution in [3.63, 3.8) is 0 Å². The van der Waals surface area contributed by atoms with Gasteiger partial charge in [0.05, 0.1) is 6.61 Å². The molecule has 0 unspecified atom stereocenters. The Hall–Kier alpha value is -1.61. The molecular weight excluding hydrogens is 228 g/mol. The number of carboxylic acid groups (broad SMARTS) is 1. The van der Waals surface area contributed by atoms with E-state index in [2.05, 4.69) is 25.1 Å². The van der Waals surface area contributed by atoms with Crippen LogP contribution >= 0.6 is 0 Å². The van der Waals surface area contributed by atoms with Gasteiger partial charge in [0, 0.05) is 0 Å². The van der Waals surface area contributed by atoms with Crippen molar-refractivity contribution < 1.29 is 15.0 Å². The Balaban J connectivity index is 0.000000873. The van der Waals surface area contributed by atoms with Crippen LogP contribution in [0.15, 0.2) is 35.9 Å². The highest BCUT2D eigenvalue weighted by Crippen LogP contribution is 2.12. The Morgan fingerprint density at radius 2 is 1.83 bits per heavy atom. The van der Waals surface area contributed by atoms with Gasteiger partial charge in [-0.1, -0.05) is 56.2 Å². The third kappa shape index (κ3) is 8.53. The highest BCUT2D eigenvalue weighted by Gasteiger charge is 1.96. The molecule has 0 saturated heterocycles. The predicted octanol–water partition coefficient (Wildman–Crippen LogP) is 3.34. The van der Waals surface area contributed by atoms with E-state index in [0.29, 0.717) is 0 Å². The van der Waals surface area contributed by atoms with Crippen molar-refractivity contribution in [2.45, 2.75) is 32.6 Å². The van der Waals surface area contributed by atoms with Gasteiger partial charge in [0.1, 0.15) is 0 Å². The molecule has 0 saturated carbocycles. The van der Waals surface area contributed by atoms with Gasteiger partial charge in [0.2, 0.25) is 0 Å². The van der Waals surface area contributed by atoms with E-state index in [-0.39, 0.29) is 13.1 Å². The van der Waals surface area contributed by atoms with E-state index in [9.17, 15) is 5.11 Å². The summed E-state index contributed by atoms with van der Waals surface area (Å²) in [5.74, 6) is 0.